The molecule has 0 aliphatic heterocycles. The van der Waals surface area contributed by atoms with E-state index in [2.05, 4.69) is 62.1 Å². The minimum atomic E-state index is 0.985. The summed E-state index contributed by atoms with van der Waals surface area (Å²) in [6, 6.07) is 10.5. The summed E-state index contributed by atoms with van der Waals surface area (Å²) in [7, 11) is 6.29. The van der Waals surface area contributed by atoms with Gasteiger partial charge in [0, 0.05) is 25.5 Å². The van der Waals surface area contributed by atoms with Crippen LogP contribution in [-0.2, 0) is 0 Å². The third-order valence-electron chi connectivity index (χ3n) is 3.13. The summed E-state index contributed by atoms with van der Waals surface area (Å²) in [5.74, 6) is 1.08. The molecular weight excluding hydrogens is 222 g/mol. The van der Waals surface area contributed by atoms with E-state index >= 15 is 0 Å². The lowest BCUT2D eigenvalue weighted by molar-refractivity contribution is 0.416. The molecule has 1 aromatic heterocycles. The van der Waals surface area contributed by atoms with Gasteiger partial charge in [-0.1, -0.05) is 18.2 Å². The van der Waals surface area contributed by atoms with Crippen molar-refractivity contribution in [3.63, 3.8) is 0 Å². The van der Waals surface area contributed by atoms with Gasteiger partial charge in [0.15, 0.2) is 0 Å². The average Bonchev–Trinajstić information content (AvgIpc) is 2.35. The summed E-state index contributed by atoms with van der Waals surface area (Å²) in [6.45, 7) is 4.14. The fraction of sp³-hybridized carbons (Fsp3) is 0.400. The van der Waals surface area contributed by atoms with Crippen LogP contribution in [0.4, 0.5) is 5.82 Å². The van der Waals surface area contributed by atoms with Crippen molar-refractivity contribution in [3.05, 3.63) is 35.9 Å². The third kappa shape index (κ3) is 2.79. The molecule has 0 saturated carbocycles. The fourth-order valence-corrected chi connectivity index (χ4v) is 2.05. The van der Waals surface area contributed by atoms with Crippen LogP contribution < -0.4 is 4.90 Å². The summed E-state index contributed by atoms with van der Waals surface area (Å²) < 4.78 is 0. The van der Waals surface area contributed by atoms with Gasteiger partial charge in [-0.05, 0) is 38.7 Å². The Morgan fingerprint density at radius 2 is 1.78 bits per heavy atom. The van der Waals surface area contributed by atoms with Crippen molar-refractivity contribution in [1.29, 1.82) is 0 Å². The molecule has 0 radical (unpaired) electrons. The maximum Gasteiger partial charge on any atom is 0.131 e. The zero-order valence-electron chi connectivity index (χ0n) is 11.6. The smallest absolute Gasteiger partial charge is 0.131 e. The Kier molecular flexibility index (Phi) is 3.82. The number of aromatic nitrogens is 1. The Morgan fingerprint density at radius 3 is 2.50 bits per heavy atom. The van der Waals surface area contributed by atoms with Gasteiger partial charge in [-0.3, -0.25) is 0 Å². The van der Waals surface area contributed by atoms with E-state index in [0.29, 0.717) is 0 Å². The van der Waals surface area contributed by atoms with E-state index in [1.165, 1.54) is 10.9 Å². The van der Waals surface area contributed by atoms with Crippen molar-refractivity contribution in [1.82, 2.24) is 9.88 Å². The van der Waals surface area contributed by atoms with Crippen LogP contribution in [0, 0.1) is 6.92 Å². The van der Waals surface area contributed by atoms with E-state index in [4.69, 9.17) is 4.98 Å². The second kappa shape index (κ2) is 5.36. The quantitative estimate of drug-likeness (QED) is 0.822. The number of hydrogen-bond donors (Lipinski definition) is 0. The van der Waals surface area contributed by atoms with Gasteiger partial charge in [0.1, 0.15) is 5.82 Å². The average molecular weight is 243 g/mol. The molecule has 0 unspecified atom stereocenters. The third-order valence-corrected chi connectivity index (χ3v) is 3.13. The van der Waals surface area contributed by atoms with Gasteiger partial charge in [0.05, 0.1) is 5.52 Å². The number of benzene rings is 1. The molecule has 3 heteroatoms. The molecule has 2 rings (SSSR count). The Labute approximate surface area is 109 Å². The first-order chi connectivity index (χ1) is 8.58. The minimum absolute atomic E-state index is 0.985. The molecule has 0 aliphatic rings. The lowest BCUT2D eigenvalue weighted by atomic mass is 10.1. The van der Waals surface area contributed by atoms with Crippen LogP contribution in [0.5, 0.6) is 0 Å². The summed E-state index contributed by atoms with van der Waals surface area (Å²) >= 11 is 0. The highest BCUT2D eigenvalue weighted by atomic mass is 15.2. The molecule has 0 atom stereocenters. The molecule has 0 amide bonds. The predicted octanol–water partition coefficient (Wildman–Crippen LogP) is 2.54. The molecular formula is C15H21N3. The second-order valence-electron chi connectivity index (χ2n) is 5.05. The topological polar surface area (TPSA) is 19.4 Å². The van der Waals surface area contributed by atoms with Gasteiger partial charge in [0.25, 0.3) is 0 Å². The molecule has 96 valence electrons. The molecule has 1 aromatic carbocycles. The van der Waals surface area contributed by atoms with E-state index in [0.717, 1.165) is 24.4 Å². The number of fused-ring (bicyclic) bond motifs is 1. The molecule has 0 fully saturated rings. The van der Waals surface area contributed by atoms with E-state index in [1.54, 1.807) is 0 Å². The van der Waals surface area contributed by atoms with Crippen LogP contribution in [0.25, 0.3) is 10.9 Å². The largest absolute Gasteiger partial charge is 0.358 e. The standard InChI is InChI=1S/C15H21N3/c1-12-11-13-7-5-6-8-14(13)16-15(12)18(4)10-9-17(2)3/h5-8,11H,9-10H2,1-4H3. The number of aryl methyl sites for hydroxylation is 1. The monoisotopic (exact) mass is 243 g/mol. The van der Waals surface area contributed by atoms with Gasteiger partial charge in [0.2, 0.25) is 0 Å². The lowest BCUT2D eigenvalue weighted by Crippen LogP contribution is -2.29. The number of anilines is 1. The summed E-state index contributed by atoms with van der Waals surface area (Å²) in [6.07, 6.45) is 0. The number of likely N-dealkylation sites (N-methyl/N-ethyl adjacent to an activating group) is 2. The van der Waals surface area contributed by atoms with Crippen molar-refractivity contribution in [3.8, 4) is 0 Å². The van der Waals surface area contributed by atoms with Crippen molar-refractivity contribution in [2.45, 2.75) is 6.92 Å². The van der Waals surface area contributed by atoms with Crippen LogP contribution in [0.2, 0.25) is 0 Å². The number of nitrogens with zero attached hydrogens (tertiary/aromatic N) is 3. The molecule has 0 spiro atoms. The zero-order valence-corrected chi connectivity index (χ0v) is 11.6. The number of rotatable bonds is 4. The van der Waals surface area contributed by atoms with E-state index < -0.39 is 0 Å². The van der Waals surface area contributed by atoms with Crippen molar-refractivity contribution < 1.29 is 0 Å². The summed E-state index contributed by atoms with van der Waals surface area (Å²) in [4.78, 5) is 9.17. The van der Waals surface area contributed by atoms with Crippen molar-refractivity contribution >= 4 is 16.7 Å². The molecule has 0 aliphatic carbocycles. The summed E-state index contributed by atoms with van der Waals surface area (Å²) in [5.41, 5.74) is 2.30. The normalized spacial score (nSPS) is 11.2. The highest BCUT2D eigenvalue weighted by molar-refractivity contribution is 5.81. The van der Waals surface area contributed by atoms with Crippen LogP contribution in [-0.4, -0.2) is 44.1 Å². The Morgan fingerprint density at radius 1 is 1.06 bits per heavy atom. The van der Waals surface area contributed by atoms with E-state index in [1.807, 2.05) is 6.07 Å². The Balaban J connectivity index is 2.29. The van der Waals surface area contributed by atoms with Crippen LogP contribution >= 0.6 is 0 Å². The van der Waals surface area contributed by atoms with E-state index in [-0.39, 0.29) is 0 Å². The lowest BCUT2D eigenvalue weighted by Gasteiger charge is -2.22. The highest BCUT2D eigenvalue weighted by Gasteiger charge is 2.08. The number of para-hydroxylation sites is 1. The molecule has 0 N–H and O–H groups in total. The highest BCUT2D eigenvalue weighted by Crippen LogP contribution is 2.21. The van der Waals surface area contributed by atoms with Gasteiger partial charge < -0.3 is 9.80 Å². The van der Waals surface area contributed by atoms with Crippen molar-refractivity contribution in [2.24, 2.45) is 0 Å². The van der Waals surface area contributed by atoms with Gasteiger partial charge in [-0.25, -0.2) is 4.98 Å². The van der Waals surface area contributed by atoms with Gasteiger partial charge in [-0.15, -0.1) is 0 Å². The minimum Gasteiger partial charge on any atom is -0.358 e. The number of hydrogen-bond acceptors (Lipinski definition) is 3. The number of pyridine rings is 1. The first-order valence-electron chi connectivity index (χ1n) is 6.30. The maximum atomic E-state index is 4.76. The maximum absolute atomic E-state index is 4.76. The summed E-state index contributed by atoms with van der Waals surface area (Å²) in [5, 5.41) is 1.21. The van der Waals surface area contributed by atoms with Crippen LogP contribution in [0.3, 0.4) is 0 Å². The molecule has 0 bridgehead atoms. The zero-order chi connectivity index (χ0) is 13.1. The van der Waals surface area contributed by atoms with Gasteiger partial charge >= 0.3 is 0 Å². The fourth-order valence-electron chi connectivity index (χ4n) is 2.05. The molecule has 18 heavy (non-hydrogen) atoms. The van der Waals surface area contributed by atoms with Crippen molar-refractivity contribution in [2.75, 3.05) is 39.1 Å². The second-order valence-corrected chi connectivity index (χ2v) is 5.05. The molecule has 0 saturated heterocycles. The predicted molar refractivity (Wildman–Crippen MR) is 78.3 cm³/mol. The first kappa shape index (κ1) is 12.8. The van der Waals surface area contributed by atoms with Gasteiger partial charge in [-0.2, -0.15) is 0 Å². The van der Waals surface area contributed by atoms with Crippen LogP contribution in [0.1, 0.15) is 5.56 Å². The molecule has 2 aromatic rings. The molecule has 3 nitrogen and oxygen atoms in total. The SMILES string of the molecule is Cc1cc2ccccc2nc1N(C)CCN(C)C. The van der Waals surface area contributed by atoms with Crippen LogP contribution in [0.15, 0.2) is 30.3 Å². The molecule has 1 heterocycles. The van der Waals surface area contributed by atoms with E-state index in [9.17, 15) is 0 Å². The Hall–Kier alpha value is -1.61. The Bertz CT molecular complexity index is 534. The first-order valence-corrected chi connectivity index (χ1v) is 6.30.